The van der Waals surface area contributed by atoms with Gasteiger partial charge < -0.3 is 9.84 Å². The first kappa shape index (κ1) is 23.6. The standard InChI is InChI=1S/C25H19ClN4O5S/c1-14-15(2)28-35-23(14)29-36(33,34)18-12-10-17(11-13-18)27-22-21(26)24(31)30(25(22)32)20-9-5-7-16-6-3-4-8-19(16)20/h3-13,27,29H,1-2H3. The van der Waals surface area contributed by atoms with Gasteiger partial charge in [0.05, 0.1) is 16.3 Å². The van der Waals surface area contributed by atoms with E-state index < -0.39 is 21.8 Å². The minimum atomic E-state index is -3.94. The molecule has 3 aromatic carbocycles. The fraction of sp³-hybridized carbons (Fsp3) is 0.0800. The first-order valence-corrected chi connectivity index (χ1v) is 12.6. The van der Waals surface area contributed by atoms with E-state index in [4.69, 9.17) is 16.1 Å². The summed E-state index contributed by atoms with van der Waals surface area (Å²) in [5.41, 5.74) is 1.85. The molecule has 0 unspecified atom stereocenters. The van der Waals surface area contributed by atoms with Crippen LogP contribution in [-0.2, 0) is 19.6 Å². The van der Waals surface area contributed by atoms with E-state index in [-0.39, 0.29) is 21.5 Å². The van der Waals surface area contributed by atoms with Crippen molar-refractivity contribution in [2.45, 2.75) is 18.7 Å². The van der Waals surface area contributed by atoms with Crippen LogP contribution in [0.1, 0.15) is 11.3 Å². The summed E-state index contributed by atoms with van der Waals surface area (Å²) in [6.45, 7) is 3.39. The summed E-state index contributed by atoms with van der Waals surface area (Å²) in [6.07, 6.45) is 0. The summed E-state index contributed by atoms with van der Waals surface area (Å²) in [5.74, 6) is -1.23. The first-order valence-electron chi connectivity index (χ1n) is 10.8. The Morgan fingerprint density at radius 2 is 1.61 bits per heavy atom. The lowest BCUT2D eigenvalue weighted by Gasteiger charge is -2.17. The number of hydrogen-bond acceptors (Lipinski definition) is 7. The number of hydrogen-bond donors (Lipinski definition) is 2. The van der Waals surface area contributed by atoms with Crippen molar-refractivity contribution in [3.8, 4) is 0 Å². The van der Waals surface area contributed by atoms with Gasteiger partial charge >= 0.3 is 0 Å². The Balaban J connectivity index is 1.38. The number of benzene rings is 3. The maximum absolute atomic E-state index is 13.2. The Bertz CT molecular complexity index is 1670. The molecule has 0 saturated carbocycles. The van der Waals surface area contributed by atoms with Crippen LogP contribution in [0.5, 0.6) is 0 Å². The number of rotatable bonds is 6. The molecule has 0 atom stereocenters. The van der Waals surface area contributed by atoms with Gasteiger partial charge in [0.1, 0.15) is 10.7 Å². The normalized spacial score (nSPS) is 14.1. The van der Waals surface area contributed by atoms with Crippen LogP contribution in [0.4, 0.5) is 17.3 Å². The van der Waals surface area contributed by atoms with Crippen LogP contribution in [0.15, 0.2) is 86.9 Å². The topological polar surface area (TPSA) is 122 Å². The first-order chi connectivity index (χ1) is 17.2. The molecule has 0 saturated heterocycles. The van der Waals surface area contributed by atoms with Crippen molar-refractivity contribution >= 4 is 61.5 Å². The van der Waals surface area contributed by atoms with Crippen LogP contribution in [0.3, 0.4) is 0 Å². The van der Waals surface area contributed by atoms with Gasteiger partial charge in [-0.25, -0.2) is 18.0 Å². The van der Waals surface area contributed by atoms with Gasteiger partial charge in [-0.1, -0.05) is 53.2 Å². The molecule has 36 heavy (non-hydrogen) atoms. The van der Waals surface area contributed by atoms with Crippen molar-refractivity contribution in [3.63, 3.8) is 0 Å². The summed E-state index contributed by atoms with van der Waals surface area (Å²) in [4.78, 5) is 27.1. The Hall–Kier alpha value is -4.15. The van der Waals surface area contributed by atoms with Crippen molar-refractivity contribution in [2.24, 2.45) is 0 Å². The Morgan fingerprint density at radius 3 is 2.31 bits per heavy atom. The van der Waals surface area contributed by atoms with Crippen LogP contribution in [0.2, 0.25) is 0 Å². The second kappa shape index (κ2) is 8.81. The molecule has 0 fully saturated rings. The predicted molar refractivity (Wildman–Crippen MR) is 136 cm³/mol. The van der Waals surface area contributed by atoms with E-state index in [9.17, 15) is 18.0 Å². The quantitative estimate of drug-likeness (QED) is 0.352. The smallest absolute Gasteiger partial charge is 0.283 e. The van der Waals surface area contributed by atoms with Crippen LogP contribution in [-0.4, -0.2) is 25.4 Å². The van der Waals surface area contributed by atoms with Crippen molar-refractivity contribution in [1.82, 2.24) is 5.16 Å². The highest BCUT2D eigenvalue weighted by molar-refractivity contribution is 7.92. The van der Waals surface area contributed by atoms with Crippen LogP contribution >= 0.6 is 11.6 Å². The fourth-order valence-corrected chi connectivity index (χ4v) is 5.05. The lowest BCUT2D eigenvalue weighted by Crippen LogP contribution is -2.32. The number of aromatic nitrogens is 1. The monoisotopic (exact) mass is 522 g/mol. The average Bonchev–Trinajstić information content (AvgIpc) is 3.29. The van der Waals surface area contributed by atoms with Crippen LogP contribution < -0.4 is 14.9 Å². The van der Waals surface area contributed by atoms with Gasteiger partial charge in [0.2, 0.25) is 5.88 Å². The lowest BCUT2D eigenvalue weighted by molar-refractivity contribution is -0.120. The average molecular weight is 523 g/mol. The predicted octanol–water partition coefficient (Wildman–Crippen LogP) is 4.68. The lowest BCUT2D eigenvalue weighted by atomic mass is 10.1. The molecule has 2 heterocycles. The van der Waals surface area contributed by atoms with E-state index in [0.29, 0.717) is 22.6 Å². The van der Waals surface area contributed by atoms with E-state index in [1.54, 1.807) is 26.0 Å². The summed E-state index contributed by atoms with van der Waals surface area (Å²) >= 11 is 6.26. The van der Waals surface area contributed by atoms with Crippen molar-refractivity contribution in [2.75, 3.05) is 14.9 Å². The van der Waals surface area contributed by atoms with Crippen LogP contribution in [0.25, 0.3) is 10.8 Å². The molecule has 1 aliphatic rings. The molecule has 0 spiro atoms. The third-order valence-electron chi connectivity index (χ3n) is 5.85. The zero-order valence-electron chi connectivity index (χ0n) is 19.1. The minimum Gasteiger partial charge on any atom is -0.350 e. The van der Waals surface area contributed by atoms with Crippen molar-refractivity contribution in [1.29, 1.82) is 0 Å². The number of anilines is 3. The number of halogens is 1. The molecule has 1 aliphatic heterocycles. The van der Waals surface area contributed by atoms with Gasteiger partial charge in [0, 0.05) is 16.6 Å². The largest absolute Gasteiger partial charge is 0.350 e. The number of nitrogens with one attached hydrogen (secondary N) is 2. The SMILES string of the molecule is Cc1noc(NS(=O)(=O)c2ccc(NC3=C(Cl)C(=O)N(c4cccc5ccccc45)C3=O)cc2)c1C. The number of aryl methyl sites for hydroxylation is 1. The number of carbonyl (C=O) groups excluding carboxylic acids is 2. The van der Waals surface area contributed by atoms with E-state index in [0.717, 1.165) is 15.7 Å². The molecule has 0 aliphatic carbocycles. The molecule has 2 N–H and O–H groups in total. The Labute approximate surface area is 211 Å². The van der Waals surface area contributed by atoms with Gasteiger partial charge in [-0.05, 0) is 49.6 Å². The fourth-order valence-electron chi connectivity index (χ4n) is 3.79. The van der Waals surface area contributed by atoms with E-state index >= 15 is 0 Å². The summed E-state index contributed by atoms with van der Waals surface area (Å²) in [6, 6.07) is 18.3. The highest BCUT2D eigenvalue weighted by Gasteiger charge is 2.39. The summed E-state index contributed by atoms with van der Waals surface area (Å²) in [7, 11) is -3.94. The third kappa shape index (κ3) is 4.00. The van der Waals surface area contributed by atoms with Crippen molar-refractivity contribution < 1.29 is 22.5 Å². The number of amides is 2. The number of imide groups is 1. The maximum Gasteiger partial charge on any atom is 0.283 e. The number of carbonyl (C=O) groups is 2. The number of nitrogens with zero attached hydrogens (tertiary/aromatic N) is 2. The Kier molecular flexibility index (Phi) is 5.77. The molecule has 4 aromatic rings. The molecular weight excluding hydrogens is 504 g/mol. The number of fused-ring (bicyclic) bond motifs is 1. The van der Waals surface area contributed by atoms with Gasteiger partial charge in [0.15, 0.2) is 0 Å². The Morgan fingerprint density at radius 1 is 0.917 bits per heavy atom. The van der Waals surface area contributed by atoms with Gasteiger partial charge in [-0.2, -0.15) is 0 Å². The maximum atomic E-state index is 13.2. The van der Waals surface area contributed by atoms with Gasteiger partial charge in [-0.3, -0.25) is 9.59 Å². The highest BCUT2D eigenvalue weighted by Crippen LogP contribution is 2.34. The molecule has 182 valence electrons. The van der Waals surface area contributed by atoms with Crippen molar-refractivity contribution in [3.05, 3.63) is 88.7 Å². The van der Waals surface area contributed by atoms with E-state index in [2.05, 4.69) is 15.2 Å². The molecule has 2 amide bonds. The zero-order chi connectivity index (χ0) is 25.6. The molecule has 9 nitrogen and oxygen atoms in total. The highest BCUT2D eigenvalue weighted by atomic mass is 35.5. The second-order valence-corrected chi connectivity index (χ2v) is 10.2. The summed E-state index contributed by atoms with van der Waals surface area (Å²) in [5, 5.41) is 7.93. The minimum absolute atomic E-state index is 0.0345. The van der Waals surface area contributed by atoms with E-state index in [1.165, 1.54) is 24.3 Å². The van der Waals surface area contributed by atoms with Gasteiger partial charge in [-0.15, -0.1) is 0 Å². The van der Waals surface area contributed by atoms with Crippen LogP contribution in [0, 0.1) is 13.8 Å². The molecule has 5 rings (SSSR count). The molecule has 11 heteroatoms. The van der Waals surface area contributed by atoms with Gasteiger partial charge in [0.25, 0.3) is 21.8 Å². The molecular formula is C25H19ClN4O5S. The third-order valence-corrected chi connectivity index (χ3v) is 7.55. The zero-order valence-corrected chi connectivity index (χ0v) is 20.6. The molecule has 0 bridgehead atoms. The second-order valence-electron chi connectivity index (χ2n) is 8.11. The summed E-state index contributed by atoms with van der Waals surface area (Å²) < 4.78 is 32.8. The molecule has 1 aromatic heterocycles. The number of sulfonamides is 1. The molecule has 0 radical (unpaired) electrons. The van der Waals surface area contributed by atoms with E-state index in [1.807, 2.05) is 30.3 Å².